The topological polar surface area (TPSA) is 44.5 Å². The maximum atomic E-state index is 6.46. The van der Waals surface area contributed by atoms with Gasteiger partial charge in [-0.15, -0.1) is 0 Å². The molecule has 1 unspecified atom stereocenters. The molecule has 106 valence electrons. The van der Waals surface area contributed by atoms with E-state index < -0.39 is 0 Å². The molecule has 0 saturated carbocycles. The minimum Gasteiger partial charge on any atom is -0.381 e. The molecule has 1 aromatic carbocycles. The van der Waals surface area contributed by atoms with Crippen LogP contribution in [0.25, 0.3) is 0 Å². The van der Waals surface area contributed by atoms with Gasteiger partial charge in [-0.25, -0.2) is 0 Å². The van der Waals surface area contributed by atoms with Crippen molar-refractivity contribution in [1.29, 1.82) is 0 Å². The molecule has 1 heterocycles. The Hall–Kier alpha value is -0.420. The van der Waals surface area contributed by atoms with Crippen LogP contribution in [0.2, 0.25) is 0 Å². The van der Waals surface area contributed by atoms with E-state index in [1.54, 1.807) is 0 Å². The second kappa shape index (κ2) is 6.84. The molecule has 19 heavy (non-hydrogen) atoms. The minimum absolute atomic E-state index is 0.00523. The molecule has 1 atom stereocenters. The Morgan fingerprint density at radius 3 is 2.79 bits per heavy atom. The largest absolute Gasteiger partial charge is 0.381 e. The van der Waals surface area contributed by atoms with Gasteiger partial charge in [-0.3, -0.25) is 0 Å². The van der Waals surface area contributed by atoms with Crippen molar-refractivity contribution in [3.8, 4) is 0 Å². The van der Waals surface area contributed by atoms with Crippen LogP contribution in [0.15, 0.2) is 28.7 Å². The Labute approximate surface area is 123 Å². The molecule has 0 aliphatic carbocycles. The molecule has 0 radical (unpaired) electrons. The van der Waals surface area contributed by atoms with E-state index in [1.165, 1.54) is 5.56 Å². The van der Waals surface area contributed by atoms with Crippen LogP contribution in [0.5, 0.6) is 0 Å². The Morgan fingerprint density at radius 1 is 1.42 bits per heavy atom. The monoisotopic (exact) mass is 327 g/mol. The summed E-state index contributed by atoms with van der Waals surface area (Å²) in [5.41, 5.74) is 7.47. The van der Waals surface area contributed by atoms with Crippen LogP contribution in [0.1, 0.15) is 25.3 Å². The van der Waals surface area contributed by atoms with E-state index in [-0.39, 0.29) is 11.6 Å². The summed E-state index contributed by atoms with van der Waals surface area (Å²) in [6.07, 6.45) is 2.60. The number of rotatable bonds is 5. The molecule has 4 heteroatoms. The van der Waals surface area contributed by atoms with Crippen LogP contribution in [0, 0.1) is 0 Å². The van der Waals surface area contributed by atoms with Crippen LogP contribution in [-0.2, 0) is 15.9 Å². The fourth-order valence-corrected chi connectivity index (χ4v) is 3.18. The molecular weight excluding hydrogens is 306 g/mol. The highest BCUT2D eigenvalue weighted by Gasteiger charge is 2.39. The van der Waals surface area contributed by atoms with E-state index in [1.807, 2.05) is 19.1 Å². The molecule has 1 saturated heterocycles. The lowest BCUT2D eigenvalue weighted by atomic mass is 9.83. The predicted octanol–water partition coefficient (Wildman–Crippen LogP) is 2.90. The van der Waals surface area contributed by atoms with Gasteiger partial charge < -0.3 is 15.2 Å². The minimum atomic E-state index is -0.227. The molecule has 0 aromatic heterocycles. The molecule has 0 bridgehead atoms. The summed E-state index contributed by atoms with van der Waals surface area (Å²) in [6.45, 7) is 4.22. The third kappa shape index (κ3) is 3.78. The standard InChI is InChI=1S/C15H22BrNO2/c1-2-19-15(6-8-18-9-7-15)14(17)11-12-4-3-5-13(16)10-12/h3-5,10,14H,2,6-9,11,17H2,1H3. The molecule has 1 aliphatic rings. The van der Waals surface area contributed by atoms with E-state index in [0.717, 1.165) is 36.9 Å². The predicted molar refractivity (Wildman–Crippen MR) is 80.2 cm³/mol. The van der Waals surface area contributed by atoms with Crippen molar-refractivity contribution in [1.82, 2.24) is 0 Å². The van der Waals surface area contributed by atoms with Gasteiger partial charge in [0.25, 0.3) is 0 Å². The molecule has 2 rings (SSSR count). The van der Waals surface area contributed by atoms with Crippen molar-refractivity contribution in [3.05, 3.63) is 34.3 Å². The highest BCUT2D eigenvalue weighted by atomic mass is 79.9. The van der Waals surface area contributed by atoms with Crippen LogP contribution in [0.3, 0.4) is 0 Å². The van der Waals surface area contributed by atoms with Gasteiger partial charge in [-0.1, -0.05) is 28.1 Å². The zero-order valence-corrected chi connectivity index (χ0v) is 13.0. The molecule has 0 spiro atoms. The van der Waals surface area contributed by atoms with Gasteiger partial charge >= 0.3 is 0 Å². The Kier molecular flexibility index (Phi) is 5.39. The average molecular weight is 328 g/mol. The highest BCUT2D eigenvalue weighted by Crippen LogP contribution is 2.30. The van der Waals surface area contributed by atoms with Gasteiger partial charge in [-0.2, -0.15) is 0 Å². The third-order valence-electron chi connectivity index (χ3n) is 3.79. The SMILES string of the molecule is CCOC1(C(N)Cc2cccc(Br)c2)CCOCC1. The second-order valence-corrected chi connectivity index (χ2v) is 5.97. The van der Waals surface area contributed by atoms with Crippen molar-refractivity contribution in [3.63, 3.8) is 0 Å². The first-order valence-corrected chi connectivity index (χ1v) is 7.67. The van der Waals surface area contributed by atoms with Gasteiger partial charge in [0.05, 0.1) is 5.60 Å². The zero-order chi connectivity index (χ0) is 13.7. The first kappa shape index (κ1) is 15.0. The molecule has 1 aliphatic heterocycles. The highest BCUT2D eigenvalue weighted by molar-refractivity contribution is 9.10. The quantitative estimate of drug-likeness (QED) is 0.904. The number of nitrogens with two attached hydrogens (primary N) is 1. The number of halogens is 1. The Bertz CT molecular complexity index is 399. The van der Waals surface area contributed by atoms with Crippen molar-refractivity contribution < 1.29 is 9.47 Å². The van der Waals surface area contributed by atoms with Gasteiger partial charge in [0.2, 0.25) is 0 Å². The summed E-state index contributed by atoms with van der Waals surface area (Å²) in [7, 11) is 0. The fraction of sp³-hybridized carbons (Fsp3) is 0.600. The number of hydrogen-bond acceptors (Lipinski definition) is 3. The van der Waals surface area contributed by atoms with E-state index in [0.29, 0.717) is 6.61 Å². The smallest absolute Gasteiger partial charge is 0.0879 e. The summed E-state index contributed by atoms with van der Waals surface area (Å²) < 4.78 is 12.6. The van der Waals surface area contributed by atoms with E-state index >= 15 is 0 Å². The molecule has 1 fully saturated rings. The first-order chi connectivity index (χ1) is 9.16. The van der Waals surface area contributed by atoms with Gasteiger partial charge in [0.1, 0.15) is 0 Å². The molecule has 2 N–H and O–H groups in total. The van der Waals surface area contributed by atoms with Crippen molar-refractivity contribution in [2.24, 2.45) is 5.73 Å². The summed E-state index contributed by atoms with van der Waals surface area (Å²) >= 11 is 3.50. The second-order valence-electron chi connectivity index (χ2n) is 5.05. The summed E-state index contributed by atoms with van der Waals surface area (Å²) in [5.74, 6) is 0. The maximum Gasteiger partial charge on any atom is 0.0879 e. The fourth-order valence-electron chi connectivity index (χ4n) is 2.73. The lowest BCUT2D eigenvalue weighted by Crippen LogP contribution is -2.54. The van der Waals surface area contributed by atoms with E-state index in [9.17, 15) is 0 Å². The molecule has 3 nitrogen and oxygen atoms in total. The van der Waals surface area contributed by atoms with E-state index in [2.05, 4.69) is 28.1 Å². The molecule has 1 aromatic rings. The molecule has 0 amide bonds. The number of benzene rings is 1. The Morgan fingerprint density at radius 2 is 2.16 bits per heavy atom. The third-order valence-corrected chi connectivity index (χ3v) is 4.28. The van der Waals surface area contributed by atoms with Gasteiger partial charge in [0, 0.05) is 43.2 Å². The number of hydrogen-bond donors (Lipinski definition) is 1. The normalized spacial score (nSPS) is 20.2. The number of ether oxygens (including phenoxy) is 2. The van der Waals surface area contributed by atoms with Crippen molar-refractivity contribution in [2.45, 2.75) is 37.8 Å². The van der Waals surface area contributed by atoms with E-state index in [4.69, 9.17) is 15.2 Å². The van der Waals surface area contributed by atoms with Gasteiger partial charge in [0.15, 0.2) is 0 Å². The zero-order valence-electron chi connectivity index (χ0n) is 11.4. The summed E-state index contributed by atoms with van der Waals surface area (Å²) in [6, 6.07) is 8.32. The van der Waals surface area contributed by atoms with Gasteiger partial charge in [-0.05, 0) is 31.0 Å². The summed E-state index contributed by atoms with van der Waals surface area (Å²) in [4.78, 5) is 0. The van der Waals surface area contributed by atoms with Crippen LogP contribution < -0.4 is 5.73 Å². The lowest BCUT2D eigenvalue weighted by molar-refractivity contribution is -0.120. The average Bonchev–Trinajstić information content (AvgIpc) is 2.40. The summed E-state index contributed by atoms with van der Waals surface area (Å²) in [5, 5.41) is 0. The van der Waals surface area contributed by atoms with Crippen molar-refractivity contribution >= 4 is 15.9 Å². The lowest BCUT2D eigenvalue weighted by Gasteiger charge is -2.41. The molecular formula is C15H22BrNO2. The van der Waals surface area contributed by atoms with Crippen LogP contribution in [-0.4, -0.2) is 31.5 Å². The van der Waals surface area contributed by atoms with Crippen molar-refractivity contribution in [2.75, 3.05) is 19.8 Å². The Balaban J connectivity index is 2.08. The van der Waals surface area contributed by atoms with Crippen LogP contribution >= 0.6 is 15.9 Å². The van der Waals surface area contributed by atoms with Crippen LogP contribution in [0.4, 0.5) is 0 Å². The first-order valence-electron chi connectivity index (χ1n) is 6.88. The maximum absolute atomic E-state index is 6.46.